The Morgan fingerprint density at radius 3 is 2.25 bits per heavy atom. The van der Waals surface area contributed by atoms with Crippen LogP contribution in [-0.4, -0.2) is 20.8 Å². The first-order valence-corrected chi connectivity index (χ1v) is 3.95. The molecule has 0 aliphatic heterocycles. The molecule has 0 atom stereocenters. The van der Waals surface area contributed by atoms with Gasteiger partial charge in [0.25, 0.3) is 0 Å². The van der Waals surface area contributed by atoms with Crippen molar-refractivity contribution in [3.63, 3.8) is 0 Å². The van der Waals surface area contributed by atoms with E-state index in [-0.39, 0.29) is 5.88 Å². The van der Waals surface area contributed by atoms with Gasteiger partial charge >= 0.3 is 0 Å². The fourth-order valence-electron chi connectivity index (χ4n) is 0.279. The van der Waals surface area contributed by atoms with Crippen LogP contribution in [0.1, 0.15) is 6.92 Å². The summed E-state index contributed by atoms with van der Waals surface area (Å²) in [5.41, 5.74) is 4.84. The van der Waals surface area contributed by atoms with Gasteiger partial charge in [0, 0.05) is 6.54 Å². The average Bonchev–Trinajstić information content (AvgIpc) is 1.67. The molecule has 0 rings (SSSR count). The summed E-state index contributed by atoms with van der Waals surface area (Å²) in [6.45, 7) is 2.10. The van der Waals surface area contributed by atoms with Crippen LogP contribution in [0.3, 0.4) is 0 Å². The smallest absolute Gasteiger partial charge is 0.224 e. The summed E-state index contributed by atoms with van der Waals surface area (Å²) in [4.78, 5) is 0. The molecule has 3 N–H and O–H groups in total. The van der Waals surface area contributed by atoms with Crippen molar-refractivity contribution in [1.29, 1.82) is 0 Å². The summed E-state index contributed by atoms with van der Waals surface area (Å²) in [5.74, 6) is -0.332. The second-order valence-electron chi connectivity index (χ2n) is 1.28. The van der Waals surface area contributed by atoms with Crippen LogP contribution < -0.4 is 10.5 Å². The molecule has 0 aromatic rings. The number of rotatable bonds is 3. The Kier molecular flexibility index (Phi) is 2.96. The Balaban J connectivity index is 3.76. The first-order chi connectivity index (χ1) is 3.62. The zero-order valence-corrected chi connectivity index (χ0v) is 5.53. The van der Waals surface area contributed by atoms with E-state index in [1.54, 1.807) is 6.92 Å². The molecule has 0 spiro atoms. The van der Waals surface area contributed by atoms with Crippen LogP contribution in [-0.2, 0) is 10.0 Å². The number of hydrogen-bond acceptors (Lipinski definition) is 3. The second-order valence-corrected chi connectivity index (χ2v) is 3.13. The van der Waals surface area contributed by atoms with Crippen molar-refractivity contribution < 1.29 is 8.42 Å². The molecule has 0 unspecified atom stereocenters. The molecule has 0 aliphatic rings. The predicted molar refractivity (Wildman–Crippen MR) is 31.7 cm³/mol. The van der Waals surface area contributed by atoms with E-state index >= 15 is 0 Å². The van der Waals surface area contributed by atoms with Gasteiger partial charge in [-0.1, -0.05) is 6.92 Å². The average molecular weight is 138 g/mol. The summed E-state index contributed by atoms with van der Waals surface area (Å²) in [5, 5.41) is 0. The van der Waals surface area contributed by atoms with Crippen molar-refractivity contribution >= 4 is 10.0 Å². The molecule has 50 valence electrons. The summed E-state index contributed by atoms with van der Waals surface area (Å²) in [7, 11) is -3.14. The standard InChI is InChI=1S/C3H10N2O2S/c1-2-5-8(6,7)3-4/h5H,2-4H2,1H3. The van der Waals surface area contributed by atoms with Crippen molar-refractivity contribution in [2.45, 2.75) is 6.92 Å². The van der Waals surface area contributed by atoms with Gasteiger partial charge in [0.05, 0.1) is 0 Å². The first-order valence-electron chi connectivity index (χ1n) is 2.30. The second kappa shape index (κ2) is 3.01. The monoisotopic (exact) mass is 138 g/mol. The highest BCUT2D eigenvalue weighted by Crippen LogP contribution is 1.73. The van der Waals surface area contributed by atoms with Gasteiger partial charge in [-0.25, -0.2) is 13.1 Å². The molecule has 0 heterocycles. The van der Waals surface area contributed by atoms with E-state index in [4.69, 9.17) is 5.73 Å². The quantitative estimate of drug-likeness (QED) is 0.517. The normalized spacial score (nSPS) is 11.8. The molecule has 8 heavy (non-hydrogen) atoms. The Morgan fingerprint density at radius 1 is 1.62 bits per heavy atom. The van der Waals surface area contributed by atoms with E-state index < -0.39 is 10.0 Å². The molecule has 0 saturated heterocycles. The lowest BCUT2D eigenvalue weighted by Crippen LogP contribution is -2.29. The third kappa shape index (κ3) is 2.95. The molecule has 0 aromatic heterocycles. The number of hydrogen-bond donors (Lipinski definition) is 2. The first kappa shape index (κ1) is 7.87. The third-order valence-corrected chi connectivity index (χ3v) is 1.75. The Labute approximate surface area is 49.1 Å². The predicted octanol–water partition coefficient (Wildman–Crippen LogP) is -1.16. The van der Waals surface area contributed by atoms with Crippen LogP contribution in [0.4, 0.5) is 0 Å². The van der Waals surface area contributed by atoms with Gasteiger partial charge < -0.3 is 5.73 Å². The zero-order chi connectivity index (χ0) is 6.62. The van der Waals surface area contributed by atoms with Crippen LogP contribution in [0.15, 0.2) is 0 Å². The highest BCUT2D eigenvalue weighted by Gasteiger charge is 2.01. The molecule has 4 nitrogen and oxygen atoms in total. The van der Waals surface area contributed by atoms with Crippen molar-refractivity contribution in [2.24, 2.45) is 5.73 Å². The van der Waals surface area contributed by atoms with Gasteiger partial charge in [-0.15, -0.1) is 0 Å². The van der Waals surface area contributed by atoms with Gasteiger partial charge in [0.1, 0.15) is 5.88 Å². The maximum atomic E-state index is 10.4. The molecule has 0 radical (unpaired) electrons. The van der Waals surface area contributed by atoms with Gasteiger partial charge in [-0.05, 0) is 0 Å². The molecule has 0 saturated carbocycles. The maximum Gasteiger partial charge on any atom is 0.224 e. The Morgan fingerprint density at radius 2 is 2.12 bits per heavy atom. The molecule has 0 fully saturated rings. The summed E-state index contributed by atoms with van der Waals surface area (Å²) in [6, 6.07) is 0. The summed E-state index contributed by atoms with van der Waals surface area (Å²) >= 11 is 0. The SMILES string of the molecule is CCNS(=O)(=O)CN. The van der Waals surface area contributed by atoms with Crippen molar-refractivity contribution in [2.75, 3.05) is 12.4 Å². The highest BCUT2D eigenvalue weighted by molar-refractivity contribution is 7.89. The van der Waals surface area contributed by atoms with Crippen LogP contribution in [0.5, 0.6) is 0 Å². The zero-order valence-electron chi connectivity index (χ0n) is 4.72. The van der Waals surface area contributed by atoms with Gasteiger partial charge in [-0.2, -0.15) is 0 Å². The molecular formula is C3H10N2O2S. The molecule has 5 heteroatoms. The fourth-order valence-corrected chi connectivity index (χ4v) is 0.837. The Hall–Kier alpha value is -0.130. The van der Waals surface area contributed by atoms with Crippen LogP contribution in [0.25, 0.3) is 0 Å². The lowest BCUT2D eigenvalue weighted by molar-refractivity contribution is 0.584. The van der Waals surface area contributed by atoms with Crippen LogP contribution >= 0.6 is 0 Å². The largest absolute Gasteiger partial charge is 0.317 e. The maximum absolute atomic E-state index is 10.4. The lowest BCUT2D eigenvalue weighted by atomic mass is 10.8. The minimum Gasteiger partial charge on any atom is -0.317 e. The Bertz CT molecular complexity index is 139. The van der Waals surface area contributed by atoms with Gasteiger partial charge in [-0.3, -0.25) is 0 Å². The number of sulfonamides is 1. The third-order valence-electron chi connectivity index (χ3n) is 0.584. The fraction of sp³-hybridized carbons (Fsp3) is 1.00. The van der Waals surface area contributed by atoms with Crippen molar-refractivity contribution in [3.05, 3.63) is 0 Å². The van der Waals surface area contributed by atoms with Gasteiger partial charge in [0.2, 0.25) is 10.0 Å². The number of nitrogens with two attached hydrogens (primary N) is 1. The van der Waals surface area contributed by atoms with Crippen LogP contribution in [0.2, 0.25) is 0 Å². The minimum atomic E-state index is -3.14. The molecule has 0 amide bonds. The summed E-state index contributed by atoms with van der Waals surface area (Å²) < 4.78 is 22.9. The lowest BCUT2D eigenvalue weighted by Gasteiger charge is -1.97. The topological polar surface area (TPSA) is 72.2 Å². The van der Waals surface area contributed by atoms with E-state index in [9.17, 15) is 8.42 Å². The molecular weight excluding hydrogens is 128 g/mol. The van der Waals surface area contributed by atoms with E-state index in [2.05, 4.69) is 4.72 Å². The van der Waals surface area contributed by atoms with Crippen molar-refractivity contribution in [1.82, 2.24) is 4.72 Å². The van der Waals surface area contributed by atoms with Crippen LogP contribution in [0, 0.1) is 0 Å². The van der Waals surface area contributed by atoms with Gasteiger partial charge in [0.15, 0.2) is 0 Å². The molecule has 0 aromatic carbocycles. The molecule has 0 bridgehead atoms. The minimum absolute atomic E-state index is 0.332. The molecule has 0 aliphatic carbocycles. The van der Waals surface area contributed by atoms with E-state index in [0.29, 0.717) is 6.54 Å². The van der Waals surface area contributed by atoms with E-state index in [1.807, 2.05) is 0 Å². The van der Waals surface area contributed by atoms with E-state index in [0.717, 1.165) is 0 Å². The van der Waals surface area contributed by atoms with E-state index in [1.165, 1.54) is 0 Å². The summed E-state index contributed by atoms with van der Waals surface area (Å²) in [6.07, 6.45) is 0. The number of nitrogens with one attached hydrogen (secondary N) is 1. The highest BCUT2D eigenvalue weighted by atomic mass is 32.2. The van der Waals surface area contributed by atoms with Crippen molar-refractivity contribution in [3.8, 4) is 0 Å².